The summed E-state index contributed by atoms with van der Waals surface area (Å²) >= 11 is 0. The SMILES string of the molecule is CCN(CC)CCCN(CC)c1nc(NC)ncc1F. The van der Waals surface area contributed by atoms with Crippen molar-refractivity contribution in [3.05, 3.63) is 12.0 Å². The van der Waals surface area contributed by atoms with Crippen molar-refractivity contribution in [1.82, 2.24) is 14.9 Å². The van der Waals surface area contributed by atoms with Crippen LogP contribution in [0.25, 0.3) is 0 Å². The van der Waals surface area contributed by atoms with E-state index < -0.39 is 0 Å². The van der Waals surface area contributed by atoms with Crippen molar-refractivity contribution in [3.63, 3.8) is 0 Å². The molecule has 0 amide bonds. The van der Waals surface area contributed by atoms with Crippen molar-refractivity contribution in [3.8, 4) is 0 Å². The minimum absolute atomic E-state index is 0.367. The highest BCUT2D eigenvalue weighted by Gasteiger charge is 2.13. The minimum Gasteiger partial charge on any atom is -0.357 e. The maximum atomic E-state index is 13.9. The minimum atomic E-state index is -0.367. The molecule has 5 nitrogen and oxygen atoms in total. The van der Waals surface area contributed by atoms with E-state index in [0.717, 1.165) is 39.1 Å². The number of hydrogen-bond acceptors (Lipinski definition) is 5. The molecule has 0 aliphatic rings. The van der Waals surface area contributed by atoms with Crippen LogP contribution < -0.4 is 10.2 Å². The molecule has 0 atom stereocenters. The zero-order valence-corrected chi connectivity index (χ0v) is 13.0. The van der Waals surface area contributed by atoms with Gasteiger partial charge >= 0.3 is 0 Å². The predicted octanol–water partition coefficient (Wildman–Crippen LogP) is 2.22. The number of halogens is 1. The first-order valence-electron chi connectivity index (χ1n) is 7.33. The van der Waals surface area contributed by atoms with Crippen molar-refractivity contribution in [1.29, 1.82) is 0 Å². The molecular weight excluding hydrogens is 257 g/mol. The van der Waals surface area contributed by atoms with Gasteiger partial charge in [-0.2, -0.15) is 4.98 Å². The van der Waals surface area contributed by atoms with Gasteiger partial charge in [0.1, 0.15) is 0 Å². The lowest BCUT2D eigenvalue weighted by atomic mass is 10.3. The Hall–Kier alpha value is -1.43. The highest BCUT2D eigenvalue weighted by Crippen LogP contribution is 2.17. The Balaban J connectivity index is 2.66. The molecule has 6 heteroatoms. The van der Waals surface area contributed by atoms with E-state index >= 15 is 0 Å². The number of hydrogen-bond donors (Lipinski definition) is 1. The van der Waals surface area contributed by atoms with Crippen molar-refractivity contribution >= 4 is 11.8 Å². The summed E-state index contributed by atoms with van der Waals surface area (Å²) in [5.41, 5.74) is 0. The van der Waals surface area contributed by atoms with Gasteiger partial charge in [-0.1, -0.05) is 13.8 Å². The van der Waals surface area contributed by atoms with Crippen LogP contribution in [-0.2, 0) is 0 Å². The van der Waals surface area contributed by atoms with E-state index in [1.54, 1.807) is 7.05 Å². The molecule has 0 aliphatic heterocycles. The van der Waals surface area contributed by atoms with E-state index in [1.165, 1.54) is 6.20 Å². The van der Waals surface area contributed by atoms with Gasteiger partial charge in [0.05, 0.1) is 6.20 Å². The molecule has 1 aromatic heterocycles. The van der Waals surface area contributed by atoms with E-state index in [1.807, 2.05) is 11.8 Å². The van der Waals surface area contributed by atoms with Crippen LogP contribution in [0.3, 0.4) is 0 Å². The number of nitrogens with one attached hydrogen (secondary N) is 1. The number of anilines is 2. The largest absolute Gasteiger partial charge is 0.357 e. The second kappa shape index (κ2) is 8.68. The molecule has 0 saturated heterocycles. The van der Waals surface area contributed by atoms with E-state index in [4.69, 9.17) is 0 Å². The third-order valence-corrected chi connectivity index (χ3v) is 3.43. The zero-order valence-electron chi connectivity index (χ0n) is 13.0. The fourth-order valence-corrected chi connectivity index (χ4v) is 2.14. The third kappa shape index (κ3) is 4.59. The molecule has 0 saturated carbocycles. The summed E-state index contributed by atoms with van der Waals surface area (Å²) in [4.78, 5) is 12.4. The van der Waals surface area contributed by atoms with Gasteiger partial charge in [-0.25, -0.2) is 9.37 Å². The average Bonchev–Trinajstić information content (AvgIpc) is 2.49. The van der Waals surface area contributed by atoms with Gasteiger partial charge in [0.25, 0.3) is 0 Å². The monoisotopic (exact) mass is 283 g/mol. The normalized spacial score (nSPS) is 10.9. The van der Waals surface area contributed by atoms with Gasteiger partial charge in [0.15, 0.2) is 11.6 Å². The predicted molar refractivity (Wildman–Crippen MR) is 81.8 cm³/mol. The van der Waals surface area contributed by atoms with Gasteiger partial charge in [-0.15, -0.1) is 0 Å². The van der Waals surface area contributed by atoms with Crippen LogP contribution in [0.15, 0.2) is 6.20 Å². The summed E-state index contributed by atoms with van der Waals surface area (Å²) in [5.74, 6) is 0.462. The second-order valence-corrected chi connectivity index (χ2v) is 4.58. The summed E-state index contributed by atoms with van der Waals surface area (Å²) in [6.07, 6.45) is 2.22. The van der Waals surface area contributed by atoms with Crippen molar-refractivity contribution in [2.45, 2.75) is 27.2 Å². The Morgan fingerprint density at radius 3 is 2.40 bits per heavy atom. The average molecular weight is 283 g/mol. The summed E-state index contributed by atoms with van der Waals surface area (Å²) in [7, 11) is 1.73. The molecule has 0 radical (unpaired) electrons. The highest BCUT2D eigenvalue weighted by molar-refractivity contribution is 5.43. The Morgan fingerprint density at radius 1 is 1.15 bits per heavy atom. The Labute approximate surface area is 121 Å². The topological polar surface area (TPSA) is 44.3 Å². The van der Waals surface area contributed by atoms with Crippen LogP contribution in [0.5, 0.6) is 0 Å². The van der Waals surface area contributed by atoms with Crippen LogP contribution >= 0.6 is 0 Å². The second-order valence-electron chi connectivity index (χ2n) is 4.58. The molecule has 114 valence electrons. The van der Waals surface area contributed by atoms with Crippen molar-refractivity contribution in [2.75, 3.05) is 50.0 Å². The van der Waals surface area contributed by atoms with E-state index in [2.05, 4.69) is 34.0 Å². The lowest BCUT2D eigenvalue weighted by Gasteiger charge is -2.24. The molecule has 0 bridgehead atoms. The smallest absolute Gasteiger partial charge is 0.224 e. The summed E-state index contributed by atoms with van der Waals surface area (Å²) in [6.45, 7) is 11.0. The van der Waals surface area contributed by atoms with E-state index in [0.29, 0.717) is 11.8 Å². The van der Waals surface area contributed by atoms with Gasteiger partial charge in [-0.3, -0.25) is 0 Å². The summed E-state index contributed by atoms with van der Waals surface area (Å²) < 4.78 is 13.9. The standard InChI is InChI=1S/C14H26FN5/c1-5-19(6-2)9-8-10-20(7-3)13-12(15)11-17-14(16-4)18-13/h11H,5-10H2,1-4H3,(H,16,17,18). The number of aromatic nitrogens is 2. The molecule has 0 aromatic carbocycles. The number of nitrogens with zero attached hydrogens (tertiary/aromatic N) is 4. The quantitative estimate of drug-likeness (QED) is 0.753. The zero-order chi connectivity index (χ0) is 15.0. The maximum absolute atomic E-state index is 13.9. The fourth-order valence-electron chi connectivity index (χ4n) is 2.14. The number of rotatable bonds is 9. The summed E-state index contributed by atoms with van der Waals surface area (Å²) in [6, 6.07) is 0. The van der Waals surface area contributed by atoms with Gasteiger partial charge in [0.2, 0.25) is 5.95 Å². The lowest BCUT2D eigenvalue weighted by Crippen LogP contribution is -2.31. The molecule has 0 unspecified atom stereocenters. The van der Waals surface area contributed by atoms with Gasteiger partial charge in [-0.05, 0) is 33.0 Å². The van der Waals surface area contributed by atoms with Crippen LogP contribution in [0, 0.1) is 5.82 Å². The van der Waals surface area contributed by atoms with Crippen LogP contribution in [0.2, 0.25) is 0 Å². The van der Waals surface area contributed by atoms with Crippen LogP contribution in [-0.4, -0.2) is 54.6 Å². The van der Waals surface area contributed by atoms with Crippen molar-refractivity contribution in [2.24, 2.45) is 0 Å². The Morgan fingerprint density at radius 2 is 1.85 bits per heavy atom. The Kier molecular flexibility index (Phi) is 7.22. The molecule has 0 fully saturated rings. The molecule has 1 aromatic rings. The lowest BCUT2D eigenvalue weighted by molar-refractivity contribution is 0.300. The first-order valence-corrected chi connectivity index (χ1v) is 7.33. The maximum Gasteiger partial charge on any atom is 0.224 e. The first-order chi connectivity index (χ1) is 9.65. The third-order valence-electron chi connectivity index (χ3n) is 3.43. The molecule has 1 heterocycles. The highest BCUT2D eigenvalue weighted by atomic mass is 19.1. The molecular formula is C14H26FN5. The molecule has 1 N–H and O–H groups in total. The molecule has 20 heavy (non-hydrogen) atoms. The molecule has 0 spiro atoms. The molecule has 1 rings (SSSR count). The van der Waals surface area contributed by atoms with Crippen LogP contribution in [0.1, 0.15) is 27.2 Å². The fraction of sp³-hybridized carbons (Fsp3) is 0.714. The van der Waals surface area contributed by atoms with Gasteiger partial charge < -0.3 is 15.1 Å². The first kappa shape index (κ1) is 16.6. The van der Waals surface area contributed by atoms with Gasteiger partial charge in [0, 0.05) is 20.1 Å². The van der Waals surface area contributed by atoms with E-state index in [9.17, 15) is 4.39 Å². The van der Waals surface area contributed by atoms with Crippen LogP contribution in [0.4, 0.5) is 16.2 Å². The summed E-state index contributed by atoms with van der Waals surface area (Å²) in [5, 5.41) is 2.84. The molecule has 0 aliphatic carbocycles. The van der Waals surface area contributed by atoms with Crippen molar-refractivity contribution < 1.29 is 4.39 Å². The Bertz CT molecular complexity index is 395. The van der Waals surface area contributed by atoms with E-state index in [-0.39, 0.29) is 5.82 Å².